The minimum Gasteiger partial charge on any atom is -0.464 e. The Morgan fingerprint density at radius 3 is 2.71 bits per heavy atom. The number of allylic oxidation sites excluding steroid dienone is 1. The summed E-state index contributed by atoms with van der Waals surface area (Å²) in [6.07, 6.45) is 1.71. The Kier molecular flexibility index (Phi) is 8.92. The van der Waals surface area contributed by atoms with Crippen molar-refractivity contribution in [2.45, 2.75) is 64.1 Å². The lowest BCUT2D eigenvalue weighted by Gasteiger charge is -2.36. The third-order valence-electron chi connectivity index (χ3n) is 5.04. The molecule has 6 nitrogen and oxygen atoms in total. The molecular formula is C22H35NO5. The summed E-state index contributed by atoms with van der Waals surface area (Å²) >= 11 is 0. The van der Waals surface area contributed by atoms with E-state index in [1.165, 1.54) is 5.57 Å². The van der Waals surface area contributed by atoms with Crippen molar-refractivity contribution >= 4 is 5.57 Å². The summed E-state index contributed by atoms with van der Waals surface area (Å²) in [4.78, 5) is 2.16. The zero-order valence-electron chi connectivity index (χ0n) is 17.5. The van der Waals surface area contributed by atoms with Crippen LogP contribution in [0.25, 0.3) is 5.57 Å². The highest BCUT2D eigenvalue weighted by Crippen LogP contribution is 2.34. The summed E-state index contributed by atoms with van der Waals surface area (Å²) in [5.41, 5.74) is 3.41. The molecule has 1 heterocycles. The summed E-state index contributed by atoms with van der Waals surface area (Å²) in [5, 5.41) is 29.4. The molecule has 0 bridgehead atoms. The van der Waals surface area contributed by atoms with Crippen LogP contribution in [-0.4, -0.2) is 72.1 Å². The number of nitrogens with zero attached hydrogens (tertiary/aromatic N) is 1. The van der Waals surface area contributed by atoms with Gasteiger partial charge in [0.2, 0.25) is 6.29 Å². The van der Waals surface area contributed by atoms with Gasteiger partial charge in [-0.2, -0.15) is 0 Å². The van der Waals surface area contributed by atoms with Crippen LogP contribution in [0.15, 0.2) is 24.3 Å². The minimum atomic E-state index is -1.11. The zero-order chi connectivity index (χ0) is 20.7. The van der Waals surface area contributed by atoms with Gasteiger partial charge in [-0.25, -0.2) is 0 Å². The van der Waals surface area contributed by atoms with E-state index in [1.54, 1.807) is 0 Å². The number of hydrogen-bond donors (Lipinski definition) is 3. The Hall–Kier alpha value is -1.44. The van der Waals surface area contributed by atoms with Crippen LogP contribution in [0.4, 0.5) is 0 Å². The molecule has 158 valence electrons. The lowest BCUT2D eigenvalue weighted by atomic mass is 9.95. The van der Waals surface area contributed by atoms with E-state index in [1.807, 2.05) is 12.1 Å². The number of rotatable bonds is 9. The van der Waals surface area contributed by atoms with E-state index in [2.05, 4.69) is 45.0 Å². The van der Waals surface area contributed by atoms with E-state index in [0.717, 1.165) is 36.9 Å². The molecule has 1 aliphatic heterocycles. The molecule has 0 aliphatic carbocycles. The fourth-order valence-corrected chi connectivity index (χ4v) is 3.43. The van der Waals surface area contributed by atoms with Crippen molar-refractivity contribution in [2.75, 3.05) is 27.2 Å². The lowest BCUT2D eigenvalue weighted by molar-refractivity contribution is -0.230. The minimum absolute atomic E-state index is 0.150. The van der Waals surface area contributed by atoms with E-state index in [4.69, 9.17) is 9.47 Å². The Bertz CT molecular complexity index is 646. The molecule has 1 aromatic carbocycles. The number of aliphatic hydroxyl groups excluding tert-OH is 3. The first-order chi connectivity index (χ1) is 13.4. The highest BCUT2D eigenvalue weighted by molar-refractivity contribution is 5.73. The molecule has 1 saturated heterocycles. The van der Waals surface area contributed by atoms with E-state index in [9.17, 15) is 15.3 Å². The molecule has 1 fully saturated rings. The number of aliphatic hydroxyl groups is 3. The maximum absolute atomic E-state index is 10.1. The van der Waals surface area contributed by atoms with Crippen LogP contribution in [0.2, 0.25) is 0 Å². The molecule has 4 atom stereocenters. The van der Waals surface area contributed by atoms with Crippen LogP contribution >= 0.6 is 0 Å². The first-order valence-electron chi connectivity index (χ1n) is 10.1. The van der Waals surface area contributed by atoms with Crippen LogP contribution in [0, 0.1) is 6.92 Å². The topological polar surface area (TPSA) is 82.4 Å². The van der Waals surface area contributed by atoms with Crippen LogP contribution in [0.5, 0.6) is 5.75 Å². The summed E-state index contributed by atoms with van der Waals surface area (Å²) < 4.78 is 11.8. The van der Waals surface area contributed by atoms with Crippen molar-refractivity contribution in [3.8, 4) is 5.75 Å². The first-order valence-corrected chi connectivity index (χ1v) is 10.1. The smallest absolute Gasteiger partial charge is 0.202 e. The summed E-state index contributed by atoms with van der Waals surface area (Å²) in [6, 6.07) is 5.91. The highest BCUT2D eigenvalue weighted by Gasteiger charge is 2.37. The van der Waals surface area contributed by atoms with E-state index in [-0.39, 0.29) is 13.0 Å². The maximum atomic E-state index is 10.1. The lowest BCUT2D eigenvalue weighted by Crippen LogP contribution is -2.51. The van der Waals surface area contributed by atoms with Gasteiger partial charge in [0, 0.05) is 18.5 Å². The summed E-state index contributed by atoms with van der Waals surface area (Å²) in [5.74, 6) is 0.700. The van der Waals surface area contributed by atoms with Crippen LogP contribution in [0.3, 0.4) is 0 Å². The van der Waals surface area contributed by atoms with Gasteiger partial charge in [0.05, 0.1) is 12.7 Å². The van der Waals surface area contributed by atoms with Crippen LogP contribution in [0.1, 0.15) is 43.7 Å². The number of aryl methyl sites for hydroxylation is 1. The molecule has 28 heavy (non-hydrogen) atoms. The zero-order valence-corrected chi connectivity index (χ0v) is 17.5. The average molecular weight is 394 g/mol. The van der Waals surface area contributed by atoms with Crippen molar-refractivity contribution < 1.29 is 24.8 Å². The van der Waals surface area contributed by atoms with Gasteiger partial charge < -0.3 is 29.7 Å². The third kappa shape index (κ3) is 6.03. The number of unbranched alkanes of at least 4 members (excludes halogenated alkanes) is 1. The van der Waals surface area contributed by atoms with Gasteiger partial charge in [0.25, 0.3) is 0 Å². The van der Waals surface area contributed by atoms with E-state index < -0.39 is 24.6 Å². The molecule has 0 spiro atoms. The third-order valence-corrected chi connectivity index (χ3v) is 5.04. The first kappa shape index (κ1) is 22.8. The van der Waals surface area contributed by atoms with E-state index >= 15 is 0 Å². The van der Waals surface area contributed by atoms with E-state index in [0.29, 0.717) is 5.75 Å². The Balaban J connectivity index is 2.29. The second-order valence-corrected chi connectivity index (χ2v) is 7.72. The number of ether oxygens (including phenoxy) is 2. The molecule has 6 heteroatoms. The molecule has 0 saturated carbocycles. The fourth-order valence-electron chi connectivity index (χ4n) is 3.43. The van der Waals surface area contributed by atoms with Crippen molar-refractivity contribution in [3.05, 3.63) is 35.4 Å². The highest BCUT2D eigenvalue weighted by atomic mass is 16.7. The molecule has 2 rings (SSSR count). The van der Waals surface area contributed by atoms with Crippen molar-refractivity contribution in [1.82, 2.24) is 4.90 Å². The van der Waals surface area contributed by atoms with Crippen LogP contribution in [-0.2, 0) is 4.74 Å². The molecule has 0 aromatic heterocycles. The van der Waals surface area contributed by atoms with Gasteiger partial charge in [-0.1, -0.05) is 31.6 Å². The SMILES string of the molecule is CCC/C=C(/CCN(C)C)c1c(C)cccc1O[C@H]1C[C@@H](O)[C@H](O)[C@@H](CO)O1. The van der Waals surface area contributed by atoms with Crippen LogP contribution < -0.4 is 4.74 Å². The van der Waals surface area contributed by atoms with Crippen molar-refractivity contribution in [2.24, 2.45) is 0 Å². The van der Waals surface area contributed by atoms with Gasteiger partial charge in [0.15, 0.2) is 0 Å². The second-order valence-electron chi connectivity index (χ2n) is 7.72. The molecule has 0 amide bonds. The maximum Gasteiger partial charge on any atom is 0.202 e. The normalized spacial score (nSPS) is 25.9. The van der Waals surface area contributed by atoms with Gasteiger partial charge in [-0.3, -0.25) is 0 Å². The number of benzene rings is 1. The fraction of sp³-hybridized carbons (Fsp3) is 0.636. The van der Waals surface area contributed by atoms with Gasteiger partial charge >= 0.3 is 0 Å². The molecule has 0 unspecified atom stereocenters. The monoisotopic (exact) mass is 393 g/mol. The molecule has 1 aromatic rings. The van der Waals surface area contributed by atoms with Crippen molar-refractivity contribution in [1.29, 1.82) is 0 Å². The van der Waals surface area contributed by atoms with Crippen molar-refractivity contribution in [3.63, 3.8) is 0 Å². The predicted molar refractivity (Wildman–Crippen MR) is 110 cm³/mol. The standard InChI is InChI=1S/C22H35NO5/c1-5-6-9-16(11-12-23(3)4)21-15(2)8-7-10-18(21)27-20-13-17(25)22(26)19(14-24)28-20/h7-10,17,19-20,22,24-26H,5-6,11-14H2,1-4H3/b16-9-/t17-,19-,20-,22+/m1/s1. The summed E-state index contributed by atoms with van der Waals surface area (Å²) in [7, 11) is 4.12. The summed E-state index contributed by atoms with van der Waals surface area (Å²) in [6.45, 7) is 4.78. The van der Waals surface area contributed by atoms with Gasteiger partial charge in [-0.15, -0.1) is 0 Å². The Morgan fingerprint density at radius 2 is 2.07 bits per heavy atom. The molecule has 3 N–H and O–H groups in total. The van der Waals surface area contributed by atoms with Gasteiger partial charge in [-0.05, 0) is 51.1 Å². The molecular weight excluding hydrogens is 358 g/mol. The predicted octanol–water partition coefficient (Wildman–Crippen LogP) is 2.34. The Morgan fingerprint density at radius 1 is 1.32 bits per heavy atom. The second kappa shape index (κ2) is 10.9. The Labute approximate surface area is 168 Å². The molecule has 1 aliphatic rings. The average Bonchev–Trinajstić information content (AvgIpc) is 2.65. The largest absolute Gasteiger partial charge is 0.464 e. The number of hydrogen-bond acceptors (Lipinski definition) is 6. The van der Waals surface area contributed by atoms with Gasteiger partial charge in [0.1, 0.15) is 18.0 Å². The molecule has 0 radical (unpaired) electrons. The quantitative estimate of drug-likeness (QED) is 0.597.